The van der Waals surface area contributed by atoms with Crippen molar-refractivity contribution < 1.29 is 4.79 Å². The maximum Gasteiger partial charge on any atom is 0.223 e. The van der Waals surface area contributed by atoms with Gasteiger partial charge in [-0.1, -0.05) is 0 Å². The summed E-state index contributed by atoms with van der Waals surface area (Å²) in [6, 6.07) is 0. The summed E-state index contributed by atoms with van der Waals surface area (Å²) in [6.07, 6.45) is 1.98. The van der Waals surface area contributed by atoms with Crippen LogP contribution in [0.1, 0.15) is 26.7 Å². The van der Waals surface area contributed by atoms with Gasteiger partial charge in [0.15, 0.2) is 0 Å². The molecule has 1 unspecified atom stereocenters. The Balaban J connectivity index is 2.03. The topological polar surface area (TPSA) is 32.3 Å². The Hall–Kier alpha value is -0.220. The molecule has 1 amide bonds. The molecule has 1 atom stereocenters. The minimum absolute atomic E-state index is 0.276. The average Bonchev–Trinajstić information content (AvgIpc) is 2.79. The van der Waals surface area contributed by atoms with Crippen molar-refractivity contribution in [2.24, 2.45) is 5.92 Å². The average molecular weight is 244 g/mol. The van der Waals surface area contributed by atoms with Crippen LogP contribution in [0.4, 0.5) is 0 Å². The van der Waals surface area contributed by atoms with E-state index in [0.29, 0.717) is 6.42 Å². The molecular weight excluding hydrogens is 220 g/mol. The molecule has 1 rings (SSSR count). The van der Waals surface area contributed by atoms with Crippen molar-refractivity contribution in [3.8, 4) is 0 Å². The summed E-state index contributed by atoms with van der Waals surface area (Å²) >= 11 is 2.04. The van der Waals surface area contributed by atoms with Gasteiger partial charge >= 0.3 is 0 Å². The van der Waals surface area contributed by atoms with Crippen LogP contribution in [0.3, 0.4) is 0 Å². The molecule has 0 aliphatic carbocycles. The van der Waals surface area contributed by atoms with Crippen LogP contribution in [0.2, 0.25) is 0 Å². The number of amides is 1. The molecule has 0 spiro atoms. The van der Waals surface area contributed by atoms with Crippen molar-refractivity contribution in [1.82, 2.24) is 10.2 Å². The van der Waals surface area contributed by atoms with Crippen LogP contribution in [0, 0.1) is 5.92 Å². The van der Waals surface area contributed by atoms with Gasteiger partial charge in [0.25, 0.3) is 0 Å². The zero-order valence-corrected chi connectivity index (χ0v) is 11.3. The van der Waals surface area contributed by atoms with Crippen molar-refractivity contribution in [3.63, 3.8) is 0 Å². The summed E-state index contributed by atoms with van der Waals surface area (Å²) < 4.78 is 0. The van der Waals surface area contributed by atoms with Crippen LogP contribution in [0.5, 0.6) is 0 Å². The molecule has 0 radical (unpaired) electrons. The minimum atomic E-state index is 0.276. The molecule has 1 saturated heterocycles. The van der Waals surface area contributed by atoms with E-state index >= 15 is 0 Å². The fourth-order valence-corrected chi connectivity index (χ4v) is 3.26. The van der Waals surface area contributed by atoms with Gasteiger partial charge in [0.1, 0.15) is 0 Å². The van der Waals surface area contributed by atoms with Gasteiger partial charge in [0.2, 0.25) is 5.91 Å². The van der Waals surface area contributed by atoms with Crippen molar-refractivity contribution >= 4 is 17.7 Å². The van der Waals surface area contributed by atoms with Gasteiger partial charge in [-0.25, -0.2) is 0 Å². The second-order valence-electron chi connectivity index (χ2n) is 4.25. The largest absolute Gasteiger partial charge is 0.343 e. The highest BCUT2D eigenvalue weighted by atomic mass is 32.2. The van der Waals surface area contributed by atoms with Crippen LogP contribution in [0.25, 0.3) is 0 Å². The van der Waals surface area contributed by atoms with Gasteiger partial charge < -0.3 is 10.2 Å². The third-order valence-corrected chi connectivity index (χ3v) is 4.32. The van der Waals surface area contributed by atoms with Gasteiger partial charge in [0.05, 0.1) is 0 Å². The fourth-order valence-electron chi connectivity index (χ4n) is 1.98. The molecule has 16 heavy (non-hydrogen) atoms. The van der Waals surface area contributed by atoms with Crippen molar-refractivity contribution in [2.45, 2.75) is 26.7 Å². The van der Waals surface area contributed by atoms with Crippen molar-refractivity contribution in [2.75, 3.05) is 37.7 Å². The molecule has 94 valence electrons. The highest BCUT2D eigenvalue weighted by Crippen LogP contribution is 2.22. The lowest BCUT2D eigenvalue weighted by Crippen LogP contribution is -2.33. The van der Waals surface area contributed by atoms with Gasteiger partial charge in [0, 0.05) is 26.1 Å². The number of carbonyl (C=O) groups excluding carboxylic acids is 1. The number of hydrogen-bond donors (Lipinski definition) is 1. The zero-order chi connectivity index (χ0) is 11.8. The smallest absolute Gasteiger partial charge is 0.223 e. The summed E-state index contributed by atoms with van der Waals surface area (Å²) in [4.78, 5) is 13.6. The molecule has 4 heteroatoms. The molecule has 0 aromatic carbocycles. The Bertz CT molecular complexity index is 201. The quantitative estimate of drug-likeness (QED) is 0.690. The molecule has 1 aliphatic heterocycles. The van der Waals surface area contributed by atoms with Crippen LogP contribution in [-0.4, -0.2) is 48.5 Å². The number of nitrogens with one attached hydrogen (secondary N) is 1. The van der Waals surface area contributed by atoms with E-state index < -0.39 is 0 Å². The number of hydrogen-bond acceptors (Lipinski definition) is 3. The lowest BCUT2D eigenvalue weighted by Gasteiger charge is -2.18. The van der Waals surface area contributed by atoms with Gasteiger partial charge in [-0.2, -0.15) is 11.8 Å². The van der Waals surface area contributed by atoms with Gasteiger partial charge in [-0.05, 0) is 44.2 Å². The second kappa shape index (κ2) is 7.96. The number of nitrogens with zero attached hydrogens (tertiary/aromatic N) is 1. The fraction of sp³-hybridized carbons (Fsp3) is 0.917. The maximum atomic E-state index is 11.7. The van der Waals surface area contributed by atoms with E-state index in [4.69, 9.17) is 0 Å². The first-order valence-electron chi connectivity index (χ1n) is 6.34. The number of rotatable bonds is 7. The normalized spacial score (nSPS) is 20.0. The molecule has 1 aliphatic rings. The molecule has 0 aromatic rings. The molecule has 3 nitrogen and oxygen atoms in total. The van der Waals surface area contributed by atoms with E-state index in [1.807, 2.05) is 30.5 Å². The third kappa shape index (κ3) is 4.74. The Morgan fingerprint density at radius 1 is 1.44 bits per heavy atom. The van der Waals surface area contributed by atoms with Crippen LogP contribution in [-0.2, 0) is 4.79 Å². The highest BCUT2D eigenvalue weighted by Gasteiger charge is 2.15. The first-order chi connectivity index (χ1) is 7.77. The van der Waals surface area contributed by atoms with E-state index in [2.05, 4.69) is 5.32 Å². The lowest BCUT2D eigenvalue weighted by molar-refractivity contribution is -0.130. The minimum Gasteiger partial charge on any atom is -0.343 e. The summed E-state index contributed by atoms with van der Waals surface area (Å²) in [5.41, 5.74) is 0. The standard InChI is InChI=1S/C12H24N2OS/c1-3-14(4-2)12(15)5-7-13-9-11-6-8-16-10-11/h11,13H,3-10H2,1-2H3. The molecule has 1 N–H and O–H groups in total. The Morgan fingerprint density at radius 3 is 2.75 bits per heavy atom. The first-order valence-corrected chi connectivity index (χ1v) is 7.49. The molecule has 1 heterocycles. The SMILES string of the molecule is CCN(CC)C(=O)CCNCC1CCSC1. The van der Waals surface area contributed by atoms with Crippen molar-refractivity contribution in [3.05, 3.63) is 0 Å². The molecule has 0 aromatic heterocycles. The molecule has 0 bridgehead atoms. The predicted octanol–water partition coefficient (Wildman–Crippen LogP) is 1.59. The van der Waals surface area contributed by atoms with Gasteiger partial charge in [-0.3, -0.25) is 4.79 Å². The lowest BCUT2D eigenvalue weighted by atomic mass is 10.1. The van der Waals surface area contributed by atoms with Crippen LogP contribution < -0.4 is 5.32 Å². The van der Waals surface area contributed by atoms with Crippen LogP contribution >= 0.6 is 11.8 Å². The number of carbonyl (C=O) groups is 1. The van der Waals surface area contributed by atoms with E-state index in [0.717, 1.165) is 32.1 Å². The third-order valence-electron chi connectivity index (χ3n) is 3.09. The zero-order valence-electron chi connectivity index (χ0n) is 10.5. The Morgan fingerprint density at radius 2 is 2.19 bits per heavy atom. The molecule has 0 saturated carbocycles. The summed E-state index contributed by atoms with van der Waals surface area (Å²) in [5.74, 6) is 3.70. The van der Waals surface area contributed by atoms with Gasteiger partial charge in [-0.15, -0.1) is 0 Å². The first kappa shape index (κ1) is 13.8. The molecule has 1 fully saturated rings. The number of thioether (sulfide) groups is 1. The summed E-state index contributed by atoms with van der Waals surface area (Å²) in [5, 5.41) is 3.40. The van der Waals surface area contributed by atoms with E-state index in [9.17, 15) is 4.79 Å². The monoisotopic (exact) mass is 244 g/mol. The Labute approximate surface area is 103 Å². The summed E-state index contributed by atoms with van der Waals surface area (Å²) in [7, 11) is 0. The predicted molar refractivity (Wildman–Crippen MR) is 70.8 cm³/mol. The highest BCUT2D eigenvalue weighted by molar-refractivity contribution is 7.99. The van der Waals surface area contributed by atoms with Crippen LogP contribution in [0.15, 0.2) is 0 Å². The van der Waals surface area contributed by atoms with E-state index in [1.165, 1.54) is 17.9 Å². The molecular formula is C12H24N2OS. The maximum absolute atomic E-state index is 11.7. The summed E-state index contributed by atoms with van der Waals surface area (Å²) in [6.45, 7) is 7.63. The van der Waals surface area contributed by atoms with E-state index in [-0.39, 0.29) is 5.91 Å². The van der Waals surface area contributed by atoms with Crippen molar-refractivity contribution in [1.29, 1.82) is 0 Å². The second-order valence-corrected chi connectivity index (χ2v) is 5.40. The Kier molecular flexibility index (Phi) is 6.88. The van der Waals surface area contributed by atoms with E-state index in [1.54, 1.807) is 0 Å².